The molecule has 0 spiro atoms. The maximum Gasteiger partial charge on any atom is 0.373 e. The van der Waals surface area contributed by atoms with Gasteiger partial charge < -0.3 is 18.5 Å². The maximum atomic E-state index is 12.3. The minimum absolute atomic E-state index is 0.942. The highest BCUT2D eigenvalue weighted by molar-refractivity contribution is 7.58. The molecule has 1 atom stereocenters. The average molecular weight is 297 g/mol. The molecule has 1 unspecified atom stereocenters. The summed E-state index contributed by atoms with van der Waals surface area (Å²) in [6, 6.07) is 0. The molecule has 19 heavy (non-hydrogen) atoms. The first-order valence-electron chi connectivity index (χ1n) is 5.31. The predicted octanol–water partition coefficient (Wildman–Crippen LogP) is 0.642. The van der Waals surface area contributed by atoms with Crippen LogP contribution in [0.2, 0.25) is 0 Å². The lowest BCUT2D eigenvalue weighted by molar-refractivity contribution is -0.166. The number of ether oxygens (including phenoxy) is 2. The van der Waals surface area contributed by atoms with Crippen molar-refractivity contribution >= 4 is 19.5 Å². The third-order valence-corrected chi connectivity index (χ3v) is 4.31. The lowest BCUT2D eigenvalue weighted by atomic mass is 10.2. The molecule has 2 N–H and O–H groups in total. The number of carbonyl (C=O) groups is 2. The van der Waals surface area contributed by atoms with E-state index in [-0.39, 0.29) is 0 Å². The number of methoxy groups -OCH3 is 1. The van der Waals surface area contributed by atoms with Gasteiger partial charge in [0.1, 0.15) is 5.60 Å². The zero-order valence-corrected chi connectivity index (χ0v) is 12.8. The molecule has 9 heteroatoms. The summed E-state index contributed by atoms with van der Waals surface area (Å²) in [4.78, 5) is 23.8. The summed E-state index contributed by atoms with van der Waals surface area (Å²) in [7, 11) is -1.30. The zero-order chi connectivity index (χ0) is 15.5. The number of hydrogen-bond acceptors (Lipinski definition) is 8. The van der Waals surface area contributed by atoms with Crippen LogP contribution in [0.15, 0.2) is 0 Å². The first-order valence-corrected chi connectivity index (χ1v) is 6.85. The second-order valence-corrected chi connectivity index (χ2v) is 7.05. The molecule has 0 bridgehead atoms. The van der Waals surface area contributed by atoms with Gasteiger partial charge >= 0.3 is 24.8 Å². The summed E-state index contributed by atoms with van der Waals surface area (Å²) >= 11 is 0. The van der Waals surface area contributed by atoms with Crippen molar-refractivity contribution < 1.29 is 32.7 Å². The summed E-state index contributed by atoms with van der Waals surface area (Å²) in [5.74, 6) is -2.52. The van der Waals surface area contributed by atoms with Gasteiger partial charge in [0.25, 0.3) is 0 Å². The van der Waals surface area contributed by atoms with Crippen LogP contribution < -0.4 is 5.73 Å². The van der Waals surface area contributed by atoms with Gasteiger partial charge in [-0.1, -0.05) is 0 Å². The van der Waals surface area contributed by atoms with E-state index in [1.807, 2.05) is 0 Å². The predicted molar refractivity (Wildman–Crippen MR) is 66.4 cm³/mol. The van der Waals surface area contributed by atoms with E-state index in [2.05, 4.69) is 13.8 Å². The van der Waals surface area contributed by atoms with Gasteiger partial charge in [0.2, 0.25) is 0 Å². The Kier molecular flexibility index (Phi) is 5.70. The molecule has 0 aromatic carbocycles. The van der Waals surface area contributed by atoms with Gasteiger partial charge in [-0.05, 0) is 20.8 Å². The number of hydrogen-bond donors (Lipinski definition) is 1. The molecule has 0 aliphatic rings. The monoisotopic (exact) mass is 297 g/mol. The molecular formula is C10H20NO7P. The van der Waals surface area contributed by atoms with Crippen LogP contribution in [0.3, 0.4) is 0 Å². The van der Waals surface area contributed by atoms with Crippen LogP contribution in [0.25, 0.3) is 0 Å². The highest BCUT2D eigenvalue weighted by atomic mass is 31.2. The van der Waals surface area contributed by atoms with E-state index in [0.29, 0.717) is 0 Å². The van der Waals surface area contributed by atoms with Crippen LogP contribution in [0, 0.1) is 0 Å². The van der Waals surface area contributed by atoms with E-state index < -0.39 is 30.4 Å². The standard InChI is InChI=1S/C10H20NO7P/c1-9(2,3)18-8(13)10(11,7(12)15-4)19(14,16-5)17-6/h11H2,1-6H3. The fourth-order valence-electron chi connectivity index (χ4n) is 1.18. The smallest absolute Gasteiger partial charge is 0.373 e. The molecule has 0 saturated carbocycles. The number of nitrogens with two attached hydrogens (primary N) is 1. The van der Waals surface area contributed by atoms with E-state index in [4.69, 9.17) is 10.5 Å². The quantitative estimate of drug-likeness (QED) is 0.446. The topological polar surface area (TPSA) is 114 Å². The van der Waals surface area contributed by atoms with Crippen LogP contribution in [-0.2, 0) is 32.7 Å². The van der Waals surface area contributed by atoms with Crippen molar-refractivity contribution in [3.05, 3.63) is 0 Å². The Balaban J connectivity index is 5.75. The van der Waals surface area contributed by atoms with Crippen molar-refractivity contribution in [1.29, 1.82) is 0 Å². The minimum atomic E-state index is -4.29. The maximum absolute atomic E-state index is 12.3. The van der Waals surface area contributed by atoms with Crippen LogP contribution in [-0.4, -0.2) is 44.1 Å². The number of carbonyl (C=O) groups excluding carboxylic acids is 2. The Morgan fingerprint density at radius 3 is 1.68 bits per heavy atom. The molecule has 112 valence electrons. The van der Waals surface area contributed by atoms with E-state index in [9.17, 15) is 14.2 Å². The first-order chi connectivity index (χ1) is 8.48. The van der Waals surface area contributed by atoms with Crippen molar-refractivity contribution in [2.45, 2.75) is 31.7 Å². The van der Waals surface area contributed by atoms with E-state index >= 15 is 0 Å². The summed E-state index contributed by atoms with van der Waals surface area (Å²) < 4.78 is 30.9. The number of rotatable bonds is 5. The van der Waals surface area contributed by atoms with Crippen LogP contribution in [0.5, 0.6) is 0 Å². The van der Waals surface area contributed by atoms with E-state index in [1.54, 1.807) is 20.8 Å². The van der Waals surface area contributed by atoms with Gasteiger partial charge in [-0.2, -0.15) is 0 Å². The Morgan fingerprint density at radius 1 is 1.00 bits per heavy atom. The average Bonchev–Trinajstić information content (AvgIpc) is 2.33. The van der Waals surface area contributed by atoms with Gasteiger partial charge in [-0.25, -0.2) is 9.59 Å². The van der Waals surface area contributed by atoms with Gasteiger partial charge in [0, 0.05) is 14.2 Å². The molecule has 0 aromatic heterocycles. The Morgan fingerprint density at radius 2 is 1.42 bits per heavy atom. The molecule has 0 fully saturated rings. The zero-order valence-electron chi connectivity index (χ0n) is 11.9. The Bertz CT molecular complexity index is 395. The van der Waals surface area contributed by atoms with Gasteiger partial charge in [0.05, 0.1) is 7.11 Å². The summed E-state index contributed by atoms with van der Waals surface area (Å²) in [6.07, 6.45) is 0. The van der Waals surface area contributed by atoms with Gasteiger partial charge in [0.15, 0.2) is 0 Å². The molecule has 0 aliphatic carbocycles. The number of esters is 2. The summed E-state index contributed by atoms with van der Waals surface area (Å²) in [5.41, 5.74) is 4.70. The fourth-order valence-corrected chi connectivity index (χ4v) is 2.49. The molecule has 0 saturated heterocycles. The summed E-state index contributed by atoms with van der Waals surface area (Å²) in [6.45, 7) is 4.69. The largest absolute Gasteiger partial charge is 0.467 e. The molecule has 0 rings (SSSR count). The highest BCUT2D eigenvalue weighted by Gasteiger charge is 2.62. The lowest BCUT2D eigenvalue weighted by Gasteiger charge is -2.32. The SMILES string of the molecule is COC(=O)C(N)(C(=O)OC(C)(C)C)P(=O)(OC)OC. The molecule has 0 amide bonds. The summed E-state index contributed by atoms with van der Waals surface area (Å²) in [5, 5.41) is -2.68. The second-order valence-electron chi connectivity index (χ2n) is 4.62. The molecule has 0 heterocycles. The van der Waals surface area contributed by atoms with Gasteiger partial charge in [-0.3, -0.25) is 10.3 Å². The molecule has 8 nitrogen and oxygen atoms in total. The Hall–Kier alpha value is -0.950. The third kappa shape index (κ3) is 3.54. The Labute approximate surface area is 112 Å². The fraction of sp³-hybridized carbons (Fsp3) is 0.800. The molecule has 0 aromatic rings. The van der Waals surface area contributed by atoms with Crippen molar-refractivity contribution in [3.8, 4) is 0 Å². The molecular weight excluding hydrogens is 277 g/mol. The normalized spacial score (nSPS) is 15.5. The van der Waals surface area contributed by atoms with Gasteiger partial charge in [-0.15, -0.1) is 0 Å². The van der Waals surface area contributed by atoms with Crippen molar-refractivity contribution in [2.24, 2.45) is 5.73 Å². The van der Waals surface area contributed by atoms with Crippen LogP contribution in [0.4, 0.5) is 0 Å². The van der Waals surface area contributed by atoms with E-state index in [1.165, 1.54) is 0 Å². The van der Waals surface area contributed by atoms with Crippen molar-refractivity contribution in [2.75, 3.05) is 21.3 Å². The first kappa shape index (κ1) is 18.0. The molecule has 0 radical (unpaired) electrons. The van der Waals surface area contributed by atoms with E-state index in [0.717, 1.165) is 21.3 Å². The lowest BCUT2D eigenvalue weighted by Crippen LogP contribution is -2.57. The van der Waals surface area contributed by atoms with Crippen LogP contribution >= 0.6 is 7.60 Å². The second kappa shape index (κ2) is 6.00. The minimum Gasteiger partial charge on any atom is -0.467 e. The molecule has 0 aliphatic heterocycles. The third-order valence-electron chi connectivity index (χ3n) is 2.12. The van der Waals surface area contributed by atoms with Crippen molar-refractivity contribution in [1.82, 2.24) is 0 Å². The highest BCUT2D eigenvalue weighted by Crippen LogP contribution is 2.57. The van der Waals surface area contributed by atoms with Crippen molar-refractivity contribution in [3.63, 3.8) is 0 Å². The van der Waals surface area contributed by atoms with Crippen LogP contribution in [0.1, 0.15) is 20.8 Å².